The number of rotatable bonds is 5. The highest BCUT2D eigenvalue weighted by molar-refractivity contribution is 5.93. The molecule has 0 aliphatic heterocycles. The minimum Gasteiger partial charge on any atom is -0.469 e. The van der Waals surface area contributed by atoms with Gasteiger partial charge in [-0.1, -0.05) is 18.2 Å². The van der Waals surface area contributed by atoms with Crippen molar-refractivity contribution >= 4 is 11.9 Å². The first kappa shape index (κ1) is 14.2. The Kier molecular flexibility index (Phi) is 4.85. The monoisotopic (exact) mass is 250 g/mol. The van der Waals surface area contributed by atoms with E-state index in [2.05, 4.69) is 15.6 Å². The van der Waals surface area contributed by atoms with Gasteiger partial charge in [0, 0.05) is 12.1 Å². The molecule has 0 radical (unpaired) electrons. The molecule has 18 heavy (non-hydrogen) atoms. The van der Waals surface area contributed by atoms with E-state index in [1.807, 2.05) is 6.07 Å². The summed E-state index contributed by atoms with van der Waals surface area (Å²) in [5, 5.41) is 0. The van der Waals surface area contributed by atoms with Crippen molar-refractivity contribution in [2.45, 2.75) is 13.8 Å². The van der Waals surface area contributed by atoms with E-state index in [1.54, 1.807) is 38.1 Å². The van der Waals surface area contributed by atoms with Crippen LogP contribution in [0.25, 0.3) is 0 Å². The molecule has 2 N–H and O–H groups in total. The number of ether oxygens (including phenoxy) is 1. The molecule has 0 aliphatic rings. The maximum absolute atomic E-state index is 11.7. The van der Waals surface area contributed by atoms with Crippen LogP contribution in [0.2, 0.25) is 0 Å². The van der Waals surface area contributed by atoms with Gasteiger partial charge in [-0.25, -0.2) is 5.43 Å². The van der Waals surface area contributed by atoms with Crippen molar-refractivity contribution in [3.05, 3.63) is 35.9 Å². The maximum Gasteiger partial charge on any atom is 0.312 e. The van der Waals surface area contributed by atoms with E-state index in [-0.39, 0.29) is 18.4 Å². The van der Waals surface area contributed by atoms with Gasteiger partial charge < -0.3 is 4.74 Å². The Morgan fingerprint density at radius 2 is 1.83 bits per heavy atom. The highest BCUT2D eigenvalue weighted by atomic mass is 16.5. The Labute approximate surface area is 106 Å². The molecule has 0 unspecified atom stereocenters. The first-order valence-electron chi connectivity index (χ1n) is 5.64. The molecule has 1 amide bonds. The van der Waals surface area contributed by atoms with Crippen LogP contribution in [0.1, 0.15) is 24.2 Å². The number of nitrogens with one attached hydrogen (secondary N) is 2. The first-order chi connectivity index (χ1) is 8.47. The fourth-order valence-electron chi connectivity index (χ4n) is 1.36. The van der Waals surface area contributed by atoms with Gasteiger partial charge in [0.05, 0.1) is 12.5 Å². The number of esters is 1. The van der Waals surface area contributed by atoms with Crippen LogP contribution < -0.4 is 10.9 Å². The lowest BCUT2D eigenvalue weighted by Crippen LogP contribution is -2.45. The summed E-state index contributed by atoms with van der Waals surface area (Å²) >= 11 is 0. The molecule has 0 saturated carbocycles. The smallest absolute Gasteiger partial charge is 0.312 e. The molecular formula is C13H18N2O3. The number of carbonyl (C=O) groups excluding carboxylic acids is 2. The molecule has 5 heteroatoms. The summed E-state index contributed by atoms with van der Waals surface area (Å²) in [4.78, 5) is 23.1. The van der Waals surface area contributed by atoms with E-state index >= 15 is 0 Å². The number of hydrogen-bond donors (Lipinski definition) is 2. The third kappa shape index (κ3) is 3.85. The largest absolute Gasteiger partial charge is 0.469 e. The van der Waals surface area contributed by atoms with Crippen LogP contribution in [0.4, 0.5) is 0 Å². The van der Waals surface area contributed by atoms with Gasteiger partial charge in [0.15, 0.2) is 0 Å². The fraction of sp³-hybridized carbons (Fsp3) is 0.385. The summed E-state index contributed by atoms with van der Waals surface area (Å²) in [6.45, 7) is 3.76. The summed E-state index contributed by atoms with van der Waals surface area (Å²) in [7, 11) is 1.34. The van der Waals surface area contributed by atoms with Crippen LogP contribution in [-0.2, 0) is 9.53 Å². The van der Waals surface area contributed by atoms with Crippen molar-refractivity contribution in [3.8, 4) is 0 Å². The van der Waals surface area contributed by atoms with Gasteiger partial charge in [-0.15, -0.1) is 0 Å². The molecule has 0 fully saturated rings. The molecule has 0 aromatic heterocycles. The molecule has 0 spiro atoms. The predicted molar refractivity (Wildman–Crippen MR) is 67.7 cm³/mol. The molecule has 1 rings (SSSR count). The lowest BCUT2D eigenvalue weighted by atomic mass is 9.94. The molecule has 98 valence electrons. The zero-order chi connectivity index (χ0) is 13.6. The average molecular weight is 250 g/mol. The maximum atomic E-state index is 11.7. The molecule has 0 saturated heterocycles. The van der Waals surface area contributed by atoms with Crippen LogP contribution >= 0.6 is 0 Å². The summed E-state index contributed by atoms with van der Waals surface area (Å²) in [5.41, 5.74) is 5.14. The summed E-state index contributed by atoms with van der Waals surface area (Å²) in [6.07, 6.45) is 0. The number of benzene rings is 1. The molecule has 0 atom stereocenters. The second-order valence-electron chi connectivity index (χ2n) is 4.55. The number of carbonyl (C=O) groups is 2. The number of hydrazine groups is 1. The quantitative estimate of drug-likeness (QED) is 0.607. The zero-order valence-electron chi connectivity index (χ0n) is 10.8. The van der Waals surface area contributed by atoms with Crippen molar-refractivity contribution in [2.24, 2.45) is 5.41 Å². The predicted octanol–water partition coefficient (Wildman–Crippen LogP) is 1.12. The topological polar surface area (TPSA) is 67.4 Å². The molecule has 0 heterocycles. The van der Waals surface area contributed by atoms with E-state index in [1.165, 1.54) is 7.11 Å². The Morgan fingerprint density at radius 3 is 2.39 bits per heavy atom. The summed E-state index contributed by atoms with van der Waals surface area (Å²) < 4.78 is 4.67. The Balaban J connectivity index is 2.43. The zero-order valence-corrected chi connectivity index (χ0v) is 10.8. The number of methoxy groups -OCH3 is 1. The fourth-order valence-corrected chi connectivity index (χ4v) is 1.36. The van der Waals surface area contributed by atoms with Gasteiger partial charge in [0.1, 0.15) is 0 Å². The van der Waals surface area contributed by atoms with Gasteiger partial charge in [-0.05, 0) is 26.0 Å². The Bertz CT molecular complexity index is 416. The summed E-state index contributed by atoms with van der Waals surface area (Å²) in [5.74, 6) is -0.569. The van der Waals surface area contributed by atoms with Crippen molar-refractivity contribution in [2.75, 3.05) is 13.7 Å². The number of hydrogen-bond acceptors (Lipinski definition) is 4. The Hall–Kier alpha value is -1.88. The molecule has 1 aromatic rings. The highest BCUT2D eigenvalue weighted by Gasteiger charge is 2.28. The molecule has 5 nitrogen and oxygen atoms in total. The molecular weight excluding hydrogens is 232 g/mol. The van der Waals surface area contributed by atoms with E-state index in [4.69, 9.17) is 0 Å². The van der Waals surface area contributed by atoms with E-state index in [0.29, 0.717) is 5.56 Å². The molecule has 1 aromatic carbocycles. The van der Waals surface area contributed by atoms with Gasteiger partial charge >= 0.3 is 5.97 Å². The third-order valence-corrected chi connectivity index (χ3v) is 2.51. The molecule has 0 aliphatic carbocycles. The standard InChI is InChI=1S/C13H18N2O3/c1-13(2,12(17)18-3)9-14-15-11(16)10-7-5-4-6-8-10/h4-8,14H,9H2,1-3H3,(H,15,16). The van der Waals surface area contributed by atoms with Crippen LogP contribution in [0.3, 0.4) is 0 Å². The SMILES string of the molecule is COC(=O)C(C)(C)CNNC(=O)c1ccccc1. The van der Waals surface area contributed by atoms with Gasteiger partial charge in [-0.3, -0.25) is 15.0 Å². The minimum absolute atomic E-state index is 0.240. The van der Waals surface area contributed by atoms with Gasteiger partial charge in [0.2, 0.25) is 0 Å². The van der Waals surface area contributed by atoms with Crippen LogP contribution in [-0.4, -0.2) is 25.5 Å². The third-order valence-electron chi connectivity index (χ3n) is 2.51. The Morgan fingerprint density at radius 1 is 1.22 bits per heavy atom. The van der Waals surface area contributed by atoms with E-state index in [9.17, 15) is 9.59 Å². The highest BCUT2D eigenvalue weighted by Crippen LogP contribution is 2.14. The van der Waals surface area contributed by atoms with E-state index < -0.39 is 5.41 Å². The van der Waals surface area contributed by atoms with Gasteiger partial charge in [0.25, 0.3) is 5.91 Å². The second kappa shape index (κ2) is 6.16. The van der Waals surface area contributed by atoms with Crippen LogP contribution in [0.15, 0.2) is 30.3 Å². The normalized spacial score (nSPS) is 10.8. The van der Waals surface area contributed by atoms with Crippen molar-refractivity contribution in [1.82, 2.24) is 10.9 Å². The number of amides is 1. The van der Waals surface area contributed by atoms with E-state index in [0.717, 1.165) is 0 Å². The lowest BCUT2D eigenvalue weighted by molar-refractivity contribution is -0.150. The minimum atomic E-state index is -0.696. The van der Waals surface area contributed by atoms with Crippen molar-refractivity contribution < 1.29 is 14.3 Å². The molecule has 0 bridgehead atoms. The van der Waals surface area contributed by atoms with Crippen LogP contribution in [0, 0.1) is 5.41 Å². The van der Waals surface area contributed by atoms with Crippen molar-refractivity contribution in [3.63, 3.8) is 0 Å². The second-order valence-corrected chi connectivity index (χ2v) is 4.55. The van der Waals surface area contributed by atoms with Crippen molar-refractivity contribution in [1.29, 1.82) is 0 Å². The average Bonchev–Trinajstić information content (AvgIpc) is 2.38. The summed E-state index contributed by atoms with van der Waals surface area (Å²) in [6, 6.07) is 8.83. The van der Waals surface area contributed by atoms with Crippen LogP contribution in [0.5, 0.6) is 0 Å². The lowest BCUT2D eigenvalue weighted by Gasteiger charge is -2.21. The first-order valence-corrected chi connectivity index (χ1v) is 5.64. The van der Waals surface area contributed by atoms with Gasteiger partial charge in [-0.2, -0.15) is 0 Å².